The molecule has 3 rings (SSSR count). The van der Waals surface area contributed by atoms with Gasteiger partial charge in [-0.3, -0.25) is 4.99 Å². The molecule has 3 aromatic rings. The molecule has 0 N–H and O–H groups in total. The van der Waals surface area contributed by atoms with Gasteiger partial charge in [0.05, 0.1) is 32.7 Å². The van der Waals surface area contributed by atoms with E-state index >= 15 is 0 Å². The normalized spacial score (nSPS) is 11.8. The molecule has 0 atom stereocenters. The predicted octanol–water partition coefficient (Wildman–Crippen LogP) is 5.21. The van der Waals surface area contributed by atoms with Crippen molar-refractivity contribution in [3.63, 3.8) is 0 Å². The number of benzene rings is 2. The van der Waals surface area contributed by atoms with E-state index in [-0.39, 0.29) is 0 Å². The van der Waals surface area contributed by atoms with Crippen LogP contribution in [0.1, 0.15) is 23.6 Å². The number of thiazole rings is 1. The highest BCUT2D eigenvalue weighted by Crippen LogP contribution is 2.33. The van der Waals surface area contributed by atoms with Gasteiger partial charge in [-0.15, -0.1) is 11.3 Å². The van der Waals surface area contributed by atoms with Gasteiger partial charge in [0.15, 0.2) is 0 Å². The third kappa shape index (κ3) is 4.89. The number of methoxy groups -OCH3 is 2. The number of aryl methyl sites for hydroxylation is 2. The van der Waals surface area contributed by atoms with Gasteiger partial charge in [-0.2, -0.15) is 5.10 Å². The average Bonchev–Trinajstić information content (AvgIpc) is 3.13. The van der Waals surface area contributed by atoms with Crippen LogP contribution in [0.3, 0.4) is 0 Å². The summed E-state index contributed by atoms with van der Waals surface area (Å²) in [6.45, 7) is 10.7. The molecule has 0 spiro atoms. The second-order valence-electron chi connectivity index (χ2n) is 7.16. The first-order chi connectivity index (χ1) is 14.4. The summed E-state index contributed by atoms with van der Waals surface area (Å²) in [5.41, 5.74) is 6.30. The third-order valence-corrected chi connectivity index (χ3v) is 5.45. The Morgan fingerprint density at radius 2 is 1.93 bits per heavy atom. The fourth-order valence-electron chi connectivity index (χ4n) is 3.01. The molecule has 0 saturated heterocycles. The molecule has 0 radical (unpaired) electrons. The first kappa shape index (κ1) is 21.6. The minimum absolute atomic E-state index is 0.554. The van der Waals surface area contributed by atoms with Gasteiger partial charge in [-0.1, -0.05) is 35.9 Å². The van der Waals surface area contributed by atoms with E-state index in [0.29, 0.717) is 12.3 Å². The van der Waals surface area contributed by atoms with Gasteiger partial charge in [-0.05, 0) is 44.0 Å². The second kappa shape index (κ2) is 9.59. The van der Waals surface area contributed by atoms with Crippen molar-refractivity contribution in [3.8, 4) is 22.8 Å². The molecule has 1 aromatic heterocycles. The fraction of sp³-hybridized carbons (Fsp3) is 0.250. The van der Waals surface area contributed by atoms with Crippen LogP contribution in [0.5, 0.6) is 11.5 Å². The molecule has 5 nitrogen and oxygen atoms in total. The minimum atomic E-state index is 0.554. The molecule has 30 heavy (non-hydrogen) atoms. The summed E-state index contributed by atoms with van der Waals surface area (Å²) >= 11 is 1.54. The Kier molecular flexibility index (Phi) is 6.90. The Morgan fingerprint density at radius 1 is 1.13 bits per heavy atom. The Hall–Kier alpha value is -3.12. The van der Waals surface area contributed by atoms with Crippen LogP contribution in [0.2, 0.25) is 0 Å². The highest BCUT2D eigenvalue weighted by molar-refractivity contribution is 7.07. The van der Waals surface area contributed by atoms with E-state index < -0.39 is 0 Å². The van der Waals surface area contributed by atoms with Crippen molar-refractivity contribution < 1.29 is 9.47 Å². The van der Waals surface area contributed by atoms with Crippen molar-refractivity contribution >= 4 is 17.6 Å². The SMILES string of the molecule is C=C(C)CN=c1scc(-c2ccc(OC)cc2OC)n1N=Cc1ccc(C)cc1C. The number of aromatic nitrogens is 1. The molecule has 0 amide bonds. The molecule has 0 saturated carbocycles. The number of ether oxygens (including phenoxy) is 2. The minimum Gasteiger partial charge on any atom is -0.497 e. The van der Waals surface area contributed by atoms with Gasteiger partial charge in [0.2, 0.25) is 4.80 Å². The van der Waals surface area contributed by atoms with Gasteiger partial charge >= 0.3 is 0 Å². The molecule has 1 heterocycles. The Labute approximate surface area is 181 Å². The molecule has 2 aromatic carbocycles. The number of hydrogen-bond donors (Lipinski definition) is 0. The van der Waals surface area contributed by atoms with Crippen LogP contribution in [-0.2, 0) is 0 Å². The molecule has 0 aliphatic carbocycles. The summed E-state index contributed by atoms with van der Waals surface area (Å²) in [6, 6.07) is 12.1. The standard InChI is InChI=1S/C24H27N3O2S/c1-16(2)13-25-24-27(26-14-19-8-7-17(3)11-18(19)4)22(15-30-24)21-10-9-20(28-5)12-23(21)29-6/h7-12,14-15H,1,13H2,2-6H3. The van der Waals surface area contributed by atoms with E-state index in [0.717, 1.165) is 32.9 Å². The van der Waals surface area contributed by atoms with E-state index in [1.807, 2.05) is 41.4 Å². The summed E-state index contributed by atoms with van der Waals surface area (Å²) < 4.78 is 12.8. The van der Waals surface area contributed by atoms with Crippen LogP contribution >= 0.6 is 11.3 Å². The Bertz CT molecular complexity index is 1160. The van der Waals surface area contributed by atoms with Gasteiger partial charge in [-0.25, -0.2) is 4.68 Å². The van der Waals surface area contributed by atoms with Crippen molar-refractivity contribution in [1.29, 1.82) is 0 Å². The van der Waals surface area contributed by atoms with Crippen molar-refractivity contribution in [2.45, 2.75) is 20.8 Å². The Balaban J connectivity index is 2.14. The molecule has 156 valence electrons. The number of hydrogen-bond acceptors (Lipinski definition) is 5. The lowest BCUT2D eigenvalue weighted by atomic mass is 10.1. The Morgan fingerprint density at radius 3 is 2.60 bits per heavy atom. The summed E-state index contributed by atoms with van der Waals surface area (Å²) in [6.07, 6.45) is 1.88. The van der Waals surface area contributed by atoms with Gasteiger partial charge in [0.25, 0.3) is 0 Å². The third-order valence-electron chi connectivity index (χ3n) is 4.59. The van der Waals surface area contributed by atoms with Gasteiger partial charge in [0.1, 0.15) is 11.5 Å². The van der Waals surface area contributed by atoms with Crippen LogP contribution in [0.15, 0.2) is 64.0 Å². The highest BCUT2D eigenvalue weighted by Gasteiger charge is 2.14. The van der Waals surface area contributed by atoms with E-state index in [1.54, 1.807) is 14.2 Å². The number of rotatable bonds is 7. The average molecular weight is 422 g/mol. The quantitative estimate of drug-likeness (QED) is 0.388. The fourth-order valence-corrected chi connectivity index (χ4v) is 3.84. The maximum absolute atomic E-state index is 5.61. The van der Waals surface area contributed by atoms with Crippen molar-refractivity contribution in [2.24, 2.45) is 10.1 Å². The summed E-state index contributed by atoms with van der Waals surface area (Å²) in [4.78, 5) is 5.49. The zero-order valence-electron chi connectivity index (χ0n) is 18.1. The van der Waals surface area contributed by atoms with E-state index in [9.17, 15) is 0 Å². The number of nitrogens with zero attached hydrogens (tertiary/aromatic N) is 3. The van der Waals surface area contributed by atoms with Gasteiger partial charge < -0.3 is 9.47 Å². The molecule has 0 unspecified atom stereocenters. The zero-order valence-corrected chi connectivity index (χ0v) is 18.9. The first-order valence-electron chi connectivity index (χ1n) is 9.62. The van der Waals surface area contributed by atoms with E-state index in [4.69, 9.17) is 19.6 Å². The molecule has 0 aliphatic rings. The monoisotopic (exact) mass is 421 g/mol. The maximum Gasteiger partial charge on any atom is 0.206 e. The lowest BCUT2D eigenvalue weighted by molar-refractivity contribution is 0.395. The molecule has 6 heteroatoms. The topological polar surface area (TPSA) is 48.1 Å². The summed E-state index contributed by atoms with van der Waals surface area (Å²) in [5.74, 6) is 1.46. The summed E-state index contributed by atoms with van der Waals surface area (Å²) in [5, 5.41) is 6.83. The van der Waals surface area contributed by atoms with Crippen LogP contribution in [0.25, 0.3) is 11.3 Å². The largest absolute Gasteiger partial charge is 0.497 e. The van der Waals surface area contributed by atoms with Crippen molar-refractivity contribution in [3.05, 3.63) is 75.4 Å². The second-order valence-corrected chi connectivity index (χ2v) is 8.00. The molecular weight excluding hydrogens is 394 g/mol. The predicted molar refractivity (Wildman–Crippen MR) is 125 cm³/mol. The lowest BCUT2D eigenvalue weighted by Gasteiger charge is -2.11. The highest BCUT2D eigenvalue weighted by atomic mass is 32.1. The molecule has 0 bridgehead atoms. The van der Waals surface area contributed by atoms with Crippen molar-refractivity contribution in [1.82, 2.24) is 4.68 Å². The van der Waals surface area contributed by atoms with E-state index in [2.05, 4.69) is 38.6 Å². The van der Waals surface area contributed by atoms with E-state index in [1.165, 1.54) is 22.5 Å². The van der Waals surface area contributed by atoms with Crippen LogP contribution in [-0.4, -0.2) is 31.7 Å². The smallest absolute Gasteiger partial charge is 0.206 e. The molecule has 0 aliphatic heterocycles. The molecule has 0 fully saturated rings. The van der Waals surface area contributed by atoms with Crippen LogP contribution in [0.4, 0.5) is 0 Å². The summed E-state index contributed by atoms with van der Waals surface area (Å²) in [7, 11) is 3.29. The van der Waals surface area contributed by atoms with Crippen LogP contribution < -0.4 is 14.3 Å². The van der Waals surface area contributed by atoms with Gasteiger partial charge in [0, 0.05) is 17.0 Å². The van der Waals surface area contributed by atoms with Crippen LogP contribution in [0, 0.1) is 13.8 Å². The lowest BCUT2D eigenvalue weighted by Crippen LogP contribution is -2.13. The maximum atomic E-state index is 5.61. The zero-order chi connectivity index (χ0) is 21.7. The van der Waals surface area contributed by atoms with Crippen molar-refractivity contribution in [2.75, 3.05) is 20.8 Å². The molecular formula is C24H27N3O2S. The first-order valence-corrected chi connectivity index (χ1v) is 10.5.